The molecule has 4 N–H and O–H groups in total. The van der Waals surface area contributed by atoms with Gasteiger partial charge in [0.25, 0.3) is 0 Å². The maximum Gasteiger partial charge on any atom is 0.372 e. The SMILES string of the molecule is C=C(O)C(=O)OCC(CO)(CO)CO. The van der Waals surface area contributed by atoms with E-state index in [1.807, 2.05) is 0 Å². The van der Waals surface area contributed by atoms with E-state index < -0.39 is 43.6 Å². The van der Waals surface area contributed by atoms with Crippen LogP contribution in [-0.2, 0) is 9.53 Å². The first-order valence-electron chi connectivity index (χ1n) is 3.89. The monoisotopic (exact) mass is 206 g/mol. The van der Waals surface area contributed by atoms with Gasteiger partial charge in [-0.3, -0.25) is 0 Å². The van der Waals surface area contributed by atoms with Gasteiger partial charge in [-0.2, -0.15) is 0 Å². The third kappa shape index (κ3) is 3.33. The van der Waals surface area contributed by atoms with E-state index >= 15 is 0 Å². The van der Waals surface area contributed by atoms with Gasteiger partial charge in [-0.25, -0.2) is 4.79 Å². The standard InChI is InChI=1S/C8H14O6/c1-6(12)7(13)14-5-8(2-9,3-10)4-11/h9-12H,1-5H2. The van der Waals surface area contributed by atoms with Crippen molar-refractivity contribution in [1.29, 1.82) is 0 Å². The highest BCUT2D eigenvalue weighted by atomic mass is 16.5. The molecule has 0 saturated heterocycles. The van der Waals surface area contributed by atoms with Crippen molar-refractivity contribution in [2.45, 2.75) is 0 Å². The van der Waals surface area contributed by atoms with E-state index in [1.165, 1.54) is 0 Å². The first-order chi connectivity index (χ1) is 6.51. The third-order valence-corrected chi connectivity index (χ3v) is 1.75. The van der Waals surface area contributed by atoms with Crippen LogP contribution in [0.1, 0.15) is 0 Å². The molecule has 0 amide bonds. The van der Waals surface area contributed by atoms with E-state index in [4.69, 9.17) is 20.4 Å². The number of esters is 1. The topological polar surface area (TPSA) is 107 Å². The Kier molecular flexibility index (Phi) is 5.14. The molecule has 0 atom stereocenters. The minimum absolute atomic E-state index is 0.394. The molecule has 14 heavy (non-hydrogen) atoms. The van der Waals surface area contributed by atoms with E-state index in [-0.39, 0.29) is 0 Å². The molecular weight excluding hydrogens is 192 g/mol. The second-order valence-corrected chi connectivity index (χ2v) is 3.00. The fourth-order valence-electron chi connectivity index (χ4n) is 0.589. The summed E-state index contributed by atoms with van der Waals surface area (Å²) in [4.78, 5) is 10.7. The Balaban J connectivity index is 4.19. The summed E-state index contributed by atoms with van der Waals surface area (Å²) < 4.78 is 4.47. The van der Waals surface area contributed by atoms with E-state index in [0.717, 1.165) is 0 Å². The Morgan fingerprint density at radius 2 is 1.64 bits per heavy atom. The van der Waals surface area contributed by atoms with Crippen LogP contribution in [0.3, 0.4) is 0 Å². The number of aliphatic hydroxyl groups is 4. The Labute approximate surface area is 81.1 Å². The zero-order chi connectivity index (χ0) is 11.2. The van der Waals surface area contributed by atoms with Crippen molar-refractivity contribution < 1.29 is 30.0 Å². The maximum atomic E-state index is 10.7. The molecule has 0 aromatic heterocycles. The molecule has 0 saturated carbocycles. The molecule has 6 heteroatoms. The highest BCUT2D eigenvalue weighted by Gasteiger charge is 2.30. The van der Waals surface area contributed by atoms with Crippen molar-refractivity contribution in [3.63, 3.8) is 0 Å². The van der Waals surface area contributed by atoms with Crippen LogP contribution in [0.15, 0.2) is 12.3 Å². The van der Waals surface area contributed by atoms with Gasteiger partial charge in [0.15, 0.2) is 5.76 Å². The lowest BCUT2D eigenvalue weighted by Crippen LogP contribution is -2.39. The summed E-state index contributed by atoms with van der Waals surface area (Å²) >= 11 is 0. The van der Waals surface area contributed by atoms with Gasteiger partial charge < -0.3 is 25.2 Å². The minimum Gasteiger partial charge on any atom is -0.502 e. The van der Waals surface area contributed by atoms with Crippen LogP contribution >= 0.6 is 0 Å². The zero-order valence-electron chi connectivity index (χ0n) is 7.64. The van der Waals surface area contributed by atoms with Gasteiger partial charge in [0.1, 0.15) is 6.61 Å². The first kappa shape index (κ1) is 12.9. The number of hydrogen-bond acceptors (Lipinski definition) is 6. The van der Waals surface area contributed by atoms with Crippen LogP contribution in [0.25, 0.3) is 0 Å². The predicted molar refractivity (Wildman–Crippen MR) is 46.4 cm³/mol. The van der Waals surface area contributed by atoms with Crippen LogP contribution in [0, 0.1) is 5.41 Å². The van der Waals surface area contributed by atoms with Crippen LogP contribution in [-0.4, -0.2) is 52.8 Å². The van der Waals surface area contributed by atoms with Crippen molar-refractivity contribution in [3.8, 4) is 0 Å². The normalized spacial score (nSPS) is 11.1. The molecule has 82 valence electrons. The van der Waals surface area contributed by atoms with Crippen LogP contribution in [0.4, 0.5) is 0 Å². The highest BCUT2D eigenvalue weighted by Crippen LogP contribution is 2.15. The lowest BCUT2D eigenvalue weighted by Gasteiger charge is -2.26. The average molecular weight is 206 g/mol. The lowest BCUT2D eigenvalue weighted by atomic mass is 9.93. The van der Waals surface area contributed by atoms with Crippen LogP contribution in [0.2, 0.25) is 0 Å². The first-order valence-corrected chi connectivity index (χ1v) is 3.89. The van der Waals surface area contributed by atoms with E-state index in [0.29, 0.717) is 0 Å². The van der Waals surface area contributed by atoms with Crippen molar-refractivity contribution in [3.05, 3.63) is 12.3 Å². The molecule has 0 aliphatic rings. The van der Waals surface area contributed by atoms with Crippen molar-refractivity contribution >= 4 is 5.97 Å². The average Bonchev–Trinajstić information content (AvgIpc) is 2.20. The molecule has 0 fully saturated rings. The lowest BCUT2D eigenvalue weighted by molar-refractivity contribution is -0.149. The summed E-state index contributed by atoms with van der Waals surface area (Å²) in [6.07, 6.45) is 0. The molecule has 0 aromatic rings. The Morgan fingerprint density at radius 1 is 1.21 bits per heavy atom. The number of rotatable bonds is 6. The maximum absolute atomic E-state index is 10.7. The van der Waals surface area contributed by atoms with Crippen LogP contribution in [0.5, 0.6) is 0 Å². The number of ether oxygens (including phenoxy) is 1. The summed E-state index contributed by atoms with van der Waals surface area (Å²) in [6.45, 7) is 0.923. The second-order valence-electron chi connectivity index (χ2n) is 3.00. The van der Waals surface area contributed by atoms with Gasteiger partial charge in [0, 0.05) is 0 Å². The number of carbonyl (C=O) groups excluding carboxylic acids is 1. The van der Waals surface area contributed by atoms with Crippen molar-refractivity contribution in [2.75, 3.05) is 26.4 Å². The molecule has 0 aromatic carbocycles. The Bertz CT molecular complexity index is 200. The summed E-state index contributed by atoms with van der Waals surface area (Å²) in [5.41, 5.74) is -1.29. The summed E-state index contributed by atoms with van der Waals surface area (Å²) in [6, 6.07) is 0. The molecular formula is C8H14O6. The second kappa shape index (κ2) is 5.58. The highest BCUT2D eigenvalue weighted by molar-refractivity contribution is 5.84. The summed E-state index contributed by atoms with van der Waals surface area (Å²) in [7, 11) is 0. The van der Waals surface area contributed by atoms with Gasteiger partial charge in [-0.15, -0.1) is 0 Å². The third-order valence-electron chi connectivity index (χ3n) is 1.75. The van der Waals surface area contributed by atoms with E-state index in [9.17, 15) is 4.79 Å². The molecule has 0 aliphatic carbocycles. The molecule has 0 spiro atoms. The van der Waals surface area contributed by atoms with Gasteiger partial charge >= 0.3 is 5.97 Å². The van der Waals surface area contributed by atoms with Crippen LogP contribution < -0.4 is 0 Å². The number of carbonyl (C=O) groups is 1. The Hall–Kier alpha value is -1.11. The summed E-state index contributed by atoms with van der Waals surface area (Å²) in [5, 5.41) is 35.1. The van der Waals surface area contributed by atoms with Crippen molar-refractivity contribution in [2.24, 2.45) is 5.41 Å². The molecule has 0 unspecified atom stereocenters. The van der Waals surface area contributed by atoms with Gasteiger partial charge in [0.2, 0.25) is 0 Å². The van der Waals surface area contributed by atoms with Gasteiger partial charge in [-0.1, -0.05) is 0 Å². The molecule has 0 aliphatic heterocycles. The van der Waals surface area contributed by atoms with E-state index in [1.54, 1.807) is 0 Å². The number of hydrogen-bond donors (Lipinski definition) is 4. The van der Waals surface area contributed by atoms with Gasteiger partial charge in [-0.05, 0) is 6.58 Å². The smallest absolute Gasteiger partial charge is 0.372 e. The molecule has 0 rings (SSSR count). The predicted octanol–water partition coefficient (Wildman–Crippen LogP) is -1.44. The molecule has 0 heterocycles. The fraction of sp³-hybridized carbons (Fsp3) is 0.625. The van der Waals surface area contributed by atoms with Gasteiger partial charge in [0.05, 0.1) is 25.2 Å². The largest absolute Gasteiger partial charge is 0.502 e. The fourth-order valence-corrected chi connectivity index (χ4v) is 0.589. The zero-order valence-corrected chi connectivity index (χ0v) is 7.64. The van der Waals surface area contributed by atoms with E-state index in [2.05, 4.69) is 11.3 Å². The minimum atomic E-state index is -1.29. The molecule has 0 radical (unpaired) electrons. The van der Waals surface area contributed by atoms with Crippen molar-refractivity contribution in [1.82, 2.24) is 0 Å². The Morgan fingerprint density at radius 3 is 1.93 bits per heavy atom. The quantitative estimate of drug-likeness (QED) is 0.241. The molecule has 0 bridgehead atoms. The molecule has 6 nitrogen and oxygen atoms in total. The number of aliphatic hydroxyl groups excluding tert-OH is 4. The summed E-state index contributed by atoms with van der Waals surface area (Å²) in [5.74, 6) is -1.82.